The molecule has 2 rings (SSSR count). The number of nitrogens with zero attached hydrogens (tertiary/aromatic N) is 1. The number of ether oxygens (including phenoxy) is 2. The number of hydrogen-bond acceptors (Lipinski definition) is 3. The van der Waals surface area contributed by atoms with Crippen LogP contribution in [0.25, 0.3) is 0 Å². The van der Waals surface area contributed by atoms with Gasteiger partial charge < -0.3 is 20.1 Å². The second kappa shape index (κ2) is 8.94. The molecule has 0 saturated carbocycles. The minimum absolute atomic E-state index is 0.0496. The summed E-state index contributed by atoms with van der Waals surface area (Å²) in [7, 11) is 1.58. The van der Waals surface area contributed by atoms with Gasteiger partial charge in [0.25, 0.3) is 0 Å². The first kappa shape index (κ1) is 19.4. The van der Waals surface area contributed by atoms with E-state index in [9.17, 15) is 0 Å². The standard InChI is InChI=1S/C18H21Cl2N3O2/c1-12(24-2)23(18(21)22)10-13-5-3-7-15(9-13)25-11-14-6-4-8-16(19)17(14)20/h3-9,12H,10-11H2,1-2H3,(H3,21,22). The number of benzene rings is 2. The number of nitrogens with one attached hydrogen (secondary N) is 1. The van der Waals surface area contributed by atoms with Gasteiger partial charge in [0.1, 0.15) is 18.6 Å². The third-order valence-electron chi connectivity index (χ3n) is 3.77. The molecule has 0 bridgehead atoms. The Balaban J connectivity index is 2.08. The number of guanidine groups is 1. The molecular formula is C18H21Cl2N3O2. The lowest BCUT2D eigenvalue weighted by atomic mass is 10.2. The summed E-state index contributed by atoms with van der Waals surface area (Å²) in [6, 6.07) is 13.0. The molecular weight excluding hydrogens is 361 g/mol. The van der Waals surface area contributed by atoms with Crippen LogP contribution >= 0.6 is 23.2 Å². The van der Waals surface area contributed by atoms with Crippen molar-refractivity contribution in [3.05, 3.63) is 63.6 Å². The first-order chi connectivity index (χ1) is 11.9. The minimum atomic E-state index is -0.299. The predicted octanol–water partition coefficient (Wildman–Crippen LogP) is 4.26. The lowest BCUT2D eigenvalue weighted by molar-refractivity contribution is 0.0171. The molecule has 0 radical (unpaired) electrons. The van der Waals surface area contributed by atoms with E-state index in [1.165, 1.54) is 0 Å². The average molecular weight is 382 g/mol. The Hall–Kier alpha value is -1.95. The van der Waals surface area contributed by atoms with Crippen molar-refractivity contribution < 1.29 is 9.47 Å². The van der Waals surface area contributed by atoms with Gasteiger partial charge in [0.05, 0.1) is 10.0 Å². The molecule has 25 heavy (non-hydrogen) atoms. The molecule has 134 valence electrons. The van der Waals surface area contributed by atoms with Crippen LogP contribution < -0.4 is 10.5 Å². The zero-order chi connectivity index (χ0) is 18.4. The summed E-state index contributed by atoms with van der Waals surface area (Å²) in [4.78, 5) is 1.65. The van der Waals surface area contributed by atoms with Crippen LogP contribution in [0.15, 0.2) is 42.5 Å². The number of nitrogens with two attached hydrogens (primary N) is 1. The van der Waals surface area contributed by atoms with Gasteiger partial charge >= 0.3 is 0 Å². The Morgan fingerprint density at radius 3 is 2.64 bits per heavy atom. The quantitative estimate of drug-likeness (QED) is 0.426. The van der Waals surface area contributed by atoms with E-state index < -0.39 is 0 Å². The van der Waals surface area contributed by atoms with Crippen molar-refractivity contribution in [2.75, 3.05) is 7.11 Å². The number of rotatable bonds is 7. The Morgan fingerprint density at radius 1 is 1.24 bits per heavy atom. The molecule has 0 aromatic heterocycles. The summed E-state index contributed by atoms with van der Waals surface area (Å²) in [5.74, 6) is 0.647. The molecule has 0 amide bonds. The molecule has 0 aliphatic carbocycles. The molecule has 2 aromatic carbocycles. The highest BCUT2D eigenvalue weighted by molar-refractivity contribution is 6.42. The van der Waals surface area contributed by atoms with Crippen molar-refractivity contribution in [2.45, 2.75) is 26.3 Å². The first-order valence-corrected chi connectivity index (χ1v) is 8.46. The van der Waals surface area contributed by atoms with Gasteiger partial charge in [-0.1, -0.05) is 47.5 Å². The van der Waals surface area contributed by atoms with E-state index in [-0.39, 0.29) is 12.2 Å². The van der Waals surface area contributed by atoms with Gasteiger partial charge in [-0.3, -0.25) is 5.41 Å². The smallest absolute Gasteiger partial charge is 0.190 e. The van der Waals surface area contributed by atoms with Gasteiger partial charge in [0.15, 0.2) is 5.96 Å². The molecule has 0 spiro atoms. The van der Waals surface area contributed by atoms with Crippen LogP contribution in [0.2, 0.25) is 10.0 Å². The Bertz CT molecular complexity index is 740. The summed E-state index contributed by atoms with van der Waals surface area (Å²) in [6.07, 6.45) is -0.299. The van der Waals surface area contributed by atoms with Crippen molar-refractivity contribution in [1.29, 1.82) is 5.41 Å². The topological polar surface area (TPSA) is 71.6 Å². The zero-order valence-corrected chi connectivity index (χ0v) is 15.6. The molecule has 7 heteroatoms. The van der Waals surface area contributed by atoms with Crippen molar-refractivity contribution in [3.8, 4) is 5.75 Å². The minimum Gasteiger partial charge on any atom is -0.489 e. The zero-order valence-electron chi connectivity index (χ0n) is 14.1. The number of halogens is 2. The molecule has 0 fully saturated rings. The fraction of sp³-hybridized carbons (Fsp3) is 0.278. The number of methoxy groups -OCH3 is 1. The fourth-order valence-electron chi connectivity index (χ4n) is 2.29. The Labute approximate surface area is 157 Å². The van der Waals surface area contributed by atoms with Gasteiger partial charge in [-0.2, -0.15) is 0 Å². The van der Waals surface area contributed by atoms with Crippen LogP contribution in [-0.4, -0.2) is 24.2 Å². The highest BCUT2D eigenvalue weighted by Crippen LogP contribution is 2.27. The van der Waals surface area contributed by atoms with E-state index in [0.29, 0.717) is 28.9 Å². The number of hydrogen-bond donors (Lipinski definition) is 2. The lowest BCUT2D eigenvalue weighted by Crippen LogP contribution is -2.43. The molecule has 0 aliphatic heterocycles. The van der Waals surface area contributed by atoms with Crippen molar-refractivity contribution >= 4 is 29.2 Å². The second-order valence-electron chi connectivity index (χ2n) is 5.50. The van der Waals surface area contributed by atoms with Crippen LogP contribution in [0.1, 0.15) is 18.1 Å². The predicted molar refractivity (Wildman–Crippen MR) is 101 cm³/mol. The lowest BCUT2D eigenvalue weighted by Gasteiger charge is -2.28. The fourth-order valence-corrected chi connectivity index (χ4v) is 2.66. The van der Waals surface area contributed by atoms with Crippen molar-refractivity contribution in [3.63, 3.8) is 0 Å². The van der Waals surface area contributed by atoms with Crippen LogP contribution in [-0.2, 0) is 17.9 Å². The molecule has 0 heterocycles. The van der Waals surface area contributed by atoms with Gasteiger partial charge in [-0.25, -0.2) is 0 Å². The monoisotopic (exact) mass is 381 g/mol. The SMILES string of the molecule is COC(C)N(Cc1cccc(OCc2cccc(Cl)c2Cl)c1)C(=N)N. The normalized spacial score (nSPS) is 11.8. The van der Waals surface area contributed by atoms with Crippen molar-refractivity contribution in [2.24, 2.45) is 5.73 Å². The van der Waals surface area contributed by atoms with E-state index >= 15 is 0 Å². The van der Waals surface area contributed by atoms with Crippen molar-refractivity contribution in [1.82, 2.24) is 4.90 Å². The largest absolute Gasteiger partial charge is 0.489 e. The Morgan fingerprint density at radius 2 is 1.96 bits per heavy atom. The maximum atomic E-state index is 7.69. The first-order valence-electron chi connectivity index (χ1n) is 7.70. The summed E-state index contributed by atoms with van der Waals surface area (Å²) in [5.41, 5.74) is 7.41. The summed E-state index contributed by atoms with van der Waals surface area (Å²) >= 11 is 12.2. The van der Waals surface area contributed by atoms with E-state index in [2.05, 4.69) is 0 Å². The van der Waals surface area contributed by atoms with Crippen LogP contribution in [0.3, 0.4) is 0 Å². The maximum Gasteiger partial charge on any atom is 0.190 e. The molecule has 0 aliphatic rings. The summed E-state index contributed by atoms with van der Waals surface area (Å²) < 4.78 is 11.1. The van der Waals surface area contributed by atoms with Crippen LogP contribution in [0, 0.1) is 5.41 Å². The van der Waals surface area contributed by atoms with Gasteiger partial charge in [0.2, 0.25) is 0 Å². The summed E-state index contributed by atoms with van der Waals surface area (Å²) in [5, 5.41) is 8.69. The molecule has 1 unspecified atom stereocenters. The Kier molecular flexibility index (Phi) is 6.93. The summed E-state index contributed by atoms with van der Waals surface area (Å²) in [6.45, 7) is 2.59. The van der Waals surface area contributed by atoms with E-state index in [1.54, 1.807) is 18.1 Å². The molecule has 1 atom stereocenters. The van der Waals surface area contributed by atoms with E-state index in [1.807, 2.05) is 43.3 Å². The van der Waals surface area contributed by atoms with Gasteiger partial charge in [-0.05, 0) is 30.7 Å². The van der Waals surface area contributed by atoms with Crippen LogP contribution in [0.4, 0.5) is 0 Å². The third-order valence-corrected chi connectivity index (χ3v) is 4.62. The van der Waals surface area contributed by atoms with Gasteiger partial charge in [0, 0.05) is 19.2 Å². The molecule has 2 aromatic rings. The van der Waals surface area contributed by atoms with E-state index in [0.717, 1.165) is 11.1 Å². The molecule has 0 saturated heterocycles. The highest BCUT2D eigenvalue weighted by Gasteiger charge is 2.15. The van der Waals surface area contributed by atoms with E-state index in [4.69, 9.17) is 43.8 Å². The van der Waals surface area contributed by atoms with Crippen LogP contribution in [0.5, 0.6) is 5.75 Å². The second-order valence-corrected chi connectivity index (χ2v) is 6.28. The molecule has 3 N–H and O–H groups in total. The third kappa shape index (κ3) is 5.26. The van der Waals surface area contributed by atoms with Gasteiger partial charge in [-0.15, -0.1) is 0 Å². The maximum absolute atomic E-state index is 7.69. The highest BCUT2D eigenvalue weighted by atomic mass is 35.5. The average Bonchev–Trinajstić information content (AvgIpc) is 2.60. The molecule has 5 nitrogen and oxygen atoms in total.